The summed E-state index contributed by atoms with van der Waals surface area (Å²) in [5.41, 5.74) is -0.518. The van der Waals surface area contributed by atoms with Gasteiger partial charge in [-0.05, 0) is 17.8 Å². The highest BCUT2D eigenvalue weighted by molar-refractivity contribution is 7.98. The number of aliphatic imine (C=N–C) groups is 1. The fourth-order valence-electron chi connectivity index (χ4n) is 1.85. The Morgan fingerprint density at radius 2 is 2.29 bits per heavy atom. The molecule has 126 valence electrons. The van der Waals surface area contributed by atoms with Crippen molar-refractivity contribution in [1.82, 2.24) is 10.2 Å². The first-order chi connectivity index (χ1) is 11.6. The predicted molar refractivity (Wildman–Crippen MR) is 96.4 cm³/mol. The van der Waals surface area contributed by atoms with Crippen molar-refractivity contribution in [2.24, 2.45) is 4.99 Å². The van der Waals surface area contributed by atoms with Gasteiger partial charge in [-0.25, -0.2) is 9.59 Å². The first-order valence-electron chi connectivity index (χ1n) is 6.72. The third kappa shape index (κ3) is 4.75. The summed E-state index contributed by atoms with van der Waals surface area (Å²) in [4.78, 5) is 26.8. The van der Waals surface area contributed by atoms with Gasteiger partial charge in [0.05, 0.1) is 7.11 Å². The first kappa shape index (κ1) is 18.3. The number of hydrogen-bond donors (Lipinski definition) is 2. The summed E-state index contributed by atoms with van der Waals surface area (Å²) in [5.74, 6) is 0.106. The van der Waals surface area contributed by atoms with Crippen molar-refractivity contribution in [1.29, 1.82) is 0 Å². The van der Waals surface area contributed by atoms with E-state index in [0.717, 1.165) is 16.9 Å². The predicted octanol–water partition coefficient (Wildman–Crippen LogP) is 2.75. The van der Waals surface area contributed by atoms with Crippen LogP contribution in [0.2, 0.25) is 0 Å². The number of nitrogens with one attached hydrogen (secondary N) is 2. The normalized spacial score (nSPS) is 12.7. The minimum atomic E-state index is -1.61. The number of aromatic amines is 1. The maximum absolute atomic E-state index is 12.2. The lowest BCUT2D eigenvalue weighted by molar-refractivity contribution is -0.144. The number of anilines is 1. The average molecular weight is 382 g/mol. The summed E-state index contributed by atoms with van der Waals surface area (Å²) in [7, 11) is 1.23. The summed E-state index contributed by atoms with van der Waals surface area (Å²) in [5, 5.41) is 9.70. The quantitative estimate of drug-likeness (QED) is 0.314. The van der Waals surface area contributed by atoms with Gasteiger partial charge in [0.15, 0.2) is 3.95 Å². The minimum Gasteiger partial charge on any atom is -0.466 e. The maximum Gasteiger partial charge on any atom is 0.356 e. The molecule has 0 aliphatic rings. The van der Waals surface area contributed by atoms with Crippen LogP contribution in [0.1, 0.15) is 5.56 Å². The van der Waals surface area contributed by atoms with E-state index in [0.29, 0.717) is 14.8 Å². The van der Waals surface area contributed by atoms with Crippen LogP contribution < -0.4 is 5.32 Å². The maximum atomic E-state index is 12.2. The molecule has 0 saturated carbocycles. The number of rotatable bonds is 8. The molecule has 1 atom stereocenters. The third-order valence-electron chi connectivity index (χ3n) is 2.93. The number of isocyanates is 1. The van der Waals surface area contributed by atoms with Gasteiger partial charge in [-0.1, -0.05) is 41.7 Å². The summed E-state index contributed by atoms with van der Waals surface area (Å²) >= 11 is 7.52. The molecule has 1 heterocycles. The average Bonchev–Trinajstić information content (AvgIpc) is 3.00. The SMILES string of the molecule is COC(=O)[C@](CSCc1ccccc1)(N=C=O)Nc1n[nH]c(=S)s1. The van der Waals surface area contributed by atoms with E-state index in [1.807, 2.05) is 30.3 Å². The van der Waals surface area contributed by atoms with Crippen LogP contribution in [0, 0.1) is 3.95 Å². The fraction of sp³-hybridized carbons (Fsp3) is 0.286. The number of aromatic nitrogens is 2. The molecule has 24 heavy (non-hydrogen) atoms. The van der Waals surface area contributed by atoms with Crippen molar-refractivity contribution in [3.05, 3.63) is 39.8 Å². The van der Waals surface area contributed by atoms with Gasteiger partial charge in [0.25, 0.3) is 5.66 Å². The first-order valence-corrected chi connectivity index (χ1v) is 9.10. The lowest BCUT2D eigenvalue weighted by Gasteiger charge is -2.25. The molecule has 2 rings (SSSR count). The van der Waals surface area contributed by atoms with Gasteiger partial charge in [0.2, 0.25) is 11.2 Å². The van der Waals surface area contributed by atoms with Gasteiger partial charge >= 0.3 is 5.97 Å². The zero-order valence-corrected chi connectivity index (χ0v) is 15.1. The molecule has 0 fully saturated rings. The van der Waals surface area contributed by atoms with Crippen molar-refractivity contribution < 1.29 is 14.3 Å². The van der Waals surface area contributed by atoms with E-state index in [2.05, 4.69) is 20.5 Å². The highest BCUT2D eigenvalue weighted by atomic mass is 32.2. The molecule has 0 saturated heterocycles. The molecule has 0 unspecified atom stereocenters. The molecular formula is C14H14N4O3S3. The zero-order chi connectivity index (χ0) is 17.4. The van der Waals surface area contributed by atoms with Crippen molar-refractivity contribution in [3.8, 4) is 0 Å². The second-order valence-electron chi connectivity index (χ2n) is 4.58. The fourth-order valence-corrected chi connectivity index (χ4v) is 3.79. The van der Waals surface area contributed by atoms with E-state index >= 15 is 0 Å². The third-order valence-corrected chi connectivity index (χ3v) is 5.10. The topological polar surface area (TPSA) is 96.4 Å². The Hall–Kier alpha value is -2.00. The number of benzene rings is 1. The van der Waals surface area contributed by atoms with Crippen LogP contribution in [0.5, 0.6) is 0 Å². The number of ether oxygens (including phenoxy) is 1. The van der Waals surface area contributed by atoms with Crippen LogP contribution in [0.25, 0.3) is 0 Å². The van der Waals surface area contributed by atoms with Crippen LogP contribution in [0.15, 0.2) is 35.3 Å². The highest BCUT2D eigenvalue weighted by Crippen LogP contribution is 2.26. The Labute approximate surface area is 151 Å². The van der Waals surface area contributed by atoms with E-state index in [9.17, 15) is 9.59 Å². The van der Waals surface area contributed by atoms with Crippen LogP contribution in [0.3, 0.4) is 0 Å². The van der Waals surface area contributed by atoms with Gasteiger partial charge in [0, 0.05) is 11.5 Å². The number of carbonyl (C=O) groups excluding carboxylic acids is 2. The molecule has 0 amide bonds. The van der Waals surface area contributed by atoms with Crippen molar-refractivity contribution >= 4 is 52.5 Å². The molecule has 0 aliphatic heterocycles. The van der Waals surface area contributed by atoms with E-state index in [-0.39, 0.29) is 5.75 Å². The number of carbonyl (C=O) groups is 1. The Bertz CT molecular complexity index is 786. The van der Waals surface area contributed by atoms with E-state index < -0.39 is 11.6 Å². The molecule has 1 aromatic carbocycles. The van der Waals surface area contributed by atoms with Crippen LogP contribution >= 0.6 is 35.3 Å². The largest absolute Gasteiger partial charge is 0.466 e. The Morgan fingerprint density at radius 3 is 2.88 bits per heavy atom. The van der Waals surface area contributed by atoms with Crippen molar-refractivity contribution in [3.63, 3.8) is 0 Å². The minimum absolute atomic E-state index is 0.163. The zero-order valence-electron chi connectivity index (χ0n) is 12.6. The van der Waals surface area contributed by atoms with Crippen molar-refractivity contribution in [2.75, 3.05) is 18.2 Å². The molecule has 7 nitrogen and oxygen atoms in total. The van der Waals surface area contributed by atoms with E-state index in [4.69, 9.17) is 17.0 Å². The molecular weight excluding hydrogens is 368 g/mol. The Kier molecular flexibility index (Phi) is 6.68. The molecule has 0 spiro atoms. The van der Waals surface area contributed by atoms with Gasteiger partial charge in [-0.15, -0.1) is 5.10 Å². The second kappa shape index (κ2) is 8.74. The highest BCUT2D eigenvalue weighted by Gasteiger charge is 2.41. The number of methoxy groups -OCH3 is 1. The van der Waals surface area contributed by atoms with Gasteiger partial charge in [-0.3, -0.25) is 5.10 Å². The van der Waals surface area contributed by atoms with E-state index in [1.165, 1.54) is 25.0 Å². The molecule has 0 bridgehead atoms. The molecule has 0 radical (unpaired) electrons. The summed E-state index contributed by atoms with van der Waals surface area (Å²) in [6.07, 6.45) is 1.44. The number of H-pyrrole nitrogens is 1. The molecule has 1 aromatic heterocycles. The van der Waals surface area contributed by atoms with Crippen LogP contribution in [0.4, 0.5) is 5.13 Å². The molecule has 10 heteroatoms. The molecule has 0 aliphatic carbocycles. The number of hydrogen-bond acceptors (Lipinski definition) is 9. The van der Waals surface area contributed by atoms with Gasteiger partial charge in [-0.2, -0.15) is 16.8 Å². The van der Waals surface area contributed by atoms with Crippen LogP contribution in [-0.2, 0) is 20.1 Å². The van der Waals surface area contributed by atoms with E-state index in [1.54, 1.807) is 0 Å². The Morgan fingerprint density at radius 1 is 1.54 bits per heavy atom. The number of thioether (sulfide) groups is 1. The van der Waals surface area contributed by atoms with Crippen LogP contribution in [-0.4, -0.2) is 40.8 Å². The number of nitrogens with zero attached hydrogens (tertiary/aromatic N) is 2. The number of esters is 1. The summed E-state index contributed by atoms with van der Waals surface area (Å²) < 4.78 is 5.24. The summed E-state index contributed by atoms with van der Waals surface area (Å²) in [6.45, 7) is 0. The summed E-state index contributed by atoms with van der Waals surface area (Å²) in [6, 6.07) is 9.74. The Balaban J connectivity index is 2.18. The van der Waals surface area contributed by atoms with Gasteiger partial charge < -0.3 is 10.1 Å². The monoisotopic (exact) mass is 382 g/mol. The molecule has 2 aromatic rings. The lowest BCUT2D eigenvalue weighted by Crippen LogP contribution is -2.48. The molecule has 2 N–H and O–H groups in total. The van der Waals surface area contributed by atoms with Gasteiger partial charge in [0.1, 0.15) is 0 Å². The standard InChI is InChI=1S/C14H14N4O3S3/c1-21-11(20)14(15-9-19,16-12-17-18-13(22)24-12)8-23-7-10-5-3-2-4-6-10/h2-6H,7-8H2,1H3,(H,16,17)(H,18,22)/t14-/m1/s1. The second-order valence-corrected chi connectivity index (χ2v) is 7.23. The lowest BCUT2D eigenvalue weighted by atomic mass is 10.2. The van der Waals surface area contributed by atoms with Crippen molar-refractivity contribution in [2.45, 2.75) is 11.4 Å². The smallest absolute Gasteiger partial charge is 0.356 e.